The summed E-state index contributed by atoms with van der Waals surface area (Å²) in [6.07, 6.45) is 3.30. The van der Waals surface area contributed by atoms with Crippen molar-refractivity contribution >= 4 is 17.8 Å². The highest BCUT2D eigenvalue weighted by atomic mass is 16.5. The second-order valence-corrected chi connectivity index (χ2v) is 6.74. The molecule has 0 amide bonds. The zero-order valence-corrected chi connectivity index (χ0v) is 16.3. The summed E-state index contributed by atoms with van der Waals surface area (Å²) in [6, 6.07) is 8.13. The highest BCUT2D eigenvalue weighted by Gasteiger charge is 2.33. The Morgan fingerprint density at radius 1 is 1.00 bits per heavy atom. The fraction of sp³-hybridized carbons (Fsp3) is 0.273. The molecule has 1 saturated carbocycles. The van der Waals surface area contributed by atoms with Crippen LogP contribution in [0, 0.1) is 5.92 Å². The fourth-order valence-electron chi connectivity index (χ4n) is 3.06. The lowest BCUT2D eigenvalue weighted by atomic mass is 10.1. The van der Waals surface area contributed by atoms with E-state index in [2.05, 4.69) is 0 Å². The number of benzene rings is 2. The van der Waals surface area contributed by atoms with E-state index in [1.807, 2.05) is 0 Å². The normalized spacial score (nSPS) is 16.2. The number of hydrogen-bond acceptors (Lipinski definition) is 7. The highest BCUT2D eigenvalue weighted by molar-refractivity contribution is 6.14. The zero-order valence-electron chi connectivity index (χ0n) is 16.3. The van der Waals surface area contributed by atoms with Crippen LogP contribution in [0.5, 0.6) is 28.7 Å². The molecule has 0 spiro atoms. The third-order valence-corrected chi connectivity index (χ3v) is 4.79. The molecule has 150 valence electrons. The number of esters is 1. The molecule has 1 aliphatic carbocycles. The molecule has 0 aromatic heterocycles. The van der Waals surface area contributed by atoms with Crippen molar-refractivity contribution in [3.05, 3.63) is 47.2 Å². The molecule has 0 bridgehead atoms. The van der Waals surface area contributed by atoms with Crippen LogP contribution in [0.25, 0.3) is 6.08 Å². The van der Waals surface area contributed by atoms with Gasteiger partial charge in [0.15, 0.2) is 17.3 Å². The summed E-state index contributed by atoms with van der Waals surface area (Å²) >= 11 is 0. The van der Waals surface area contributed by atoms with E-state index < -0.39 is 0 Å². The Hall–Kier alpha value is -3.48. The maximum absolute atomic E-state index is 12.7. The van der Waals surface area contributed by atoms with Crippen molar-refractivity contribution in [3.8, 4) is 28.7 Å². The summed E-state index contributed by atoms with van der Waals surface area (Å²) in [4.78, 5) is 24.6. The molecular formula is C22H20O7. The summed E-state index contributed by atoms with van der Waals surface area (Å²) in [5.74, 6) is 1.82. The number of ether oxygens (including phenoxy) is 5. The summed E-state index contributed by atoms with van der Waals surface area (Å²) in [7, 11) is 4.58. The Balaban J connectivity index is 1.63. The van der Waals surface area contributed by atoms with E-state index >= 15 is 0 Å². The van der Waals surface area contributed by atoms with Gasteiger partial charge in [-0.1, -0.05) is 0 Å². The average molecular weight is 396 g/mol. The van der Waals surface area contributed by atoms with Gasteiger partial charge in [0.2, 0.25) is 5.78 Å². The monoisotopic (exact) mass is 396 g/mol. The van der Waals surface area contributed by atoms with Gasteiger partial charge < -0.3 is 23.7 Å². The smallest absolute Gasteiger partial charge is 0.314 e. The molecule has 1 aliphatic heterocycles. The lowest BCUT2D eigenvalue weighted by Gasteiger charge is -2.12. The van der Waals surface area contributed by atoms with Gasteiger partial charge in [0.1, 0.15) is 17.2 Å². The maximum Gasteiger partial charge on any atom is 0.314 e. The molecule has 2 aliphatic rings. The largest absolute Gasteiger partial charge is 0.496 e. The van der Waals surface area contributed by atoms with Crippen LogP contribution in [0.3, 0.4) is 0 Å². The minimum atomic E-state index is -0.267. The molecule has 0 radical (unpaired) electrons. The van der Waals surface area contributed by atoms with Gasteiger partial charge in [0, 0.05) is 17.7 Å². The van der Waals surface area contributed by atoms with Crippen LogP contribution in [0.15, 0.2) is 36.1 Å². The Morgan fingerprint density at radius 3 is 2.34 bits per heavy atom. The van der Waals surface area contributed by atoms with Gasteiger partial charge in [0.05, 0.1) is 32.8 Å². The van der Waals surface area contributed by atoms with Crippen LogP contribution in [-0.2, 0) is 4.79 Å². The van der Waals surface area contributed by atoms with E-state index in [-0.39, 0.29) is 23.4 Å². The molecule has 7 nitrogen and oxygen atoms in total. The molecule has 0 N–H and O–H groups in total. The number of rotatable bonds is 6. The number of Topliss-reactive ketones (excluding diaryl/α,β-unsaturated/α-hetero) is 1. The number of ketones is 1. The zero-order chi connectivity index (χ0) is 20.5. The van der Waals surface area contributed by atoms with Gasteiger partial charge in [0.25, 0.3) is 0 Å². The second kappa shape index (κ2) is 7.50. The predicted molar refractivity (Wildman–Crippen MR) is 104 cm³/mol. The number of carbonyl (C=O) groups is 2. The van der Waals surface area contributed by atoms with E-state index in [9.17, 15) is 9.59 Å². The SMILES string of the molecule is COc1cc(OC)c(OC)cc1/C=C1/Oc2cc(OC(=O)C3CC3)ccc2C1=O. The van der Waals surface area contributed by atoms with Gasteiger partial charge in [-0.15, -0.1) is 0 Å². The van der Waals surface area contributed by atoms with Crippen molar-refractivity contribution in [3.63, 3.8) is 0 Å². The number of carbonyl (C=O) groups excluding carboxylic acids is 2. The minimum Gasteiger partial charge on any atom is -0.496 e. The Labute approximate surface area is 167 Å². The van der Waals surface area contributed by atoms with E-state index in [1.165, 1.54) is 21.3 Å². The summed E-state index contributed by atoms with van der Waals surface area (Å²) in [6.45, 7) is 0. The van der Waals surface area contributed by atoms with E-state index in [0.29, 0.717) is 39.9 Å². The molecule has 29 heavy (non-hydrogen) atoms. The summed E-state index contributed by atoms with van der Waals surface area (Å²) < 4.78 is 27.1. The summed E-state index contributed by atoms with van der Waals surface area (Å²) in [5, 5.41) is 0. The van der Waals surface area contributed by atoms with Gasteiger partial charge in [-0.3, -0.25) is 9.59 Å². The number of allylic oxidation sites excluding steroid dienone is 1. The average Bonchev–Trinajstić information content (AvgIpc) is 3.54. The third-order valence-electron chi connectivity index (χ3n) is 4.79. The Bertz CT molecular complexity index is 1020. The minimum absolute atomic E-state index is 0.0150. The van der Waals surface area contributed by atoms with Gasteiger partial charge >= 0.3 is 5.97 Å². The van der Waals surface area contributed by atoms with E-state index in [0.717, 1.165) is 12.8 Å². The molecule has 2 aromatic carbocycles. The molecular weight excluding hydrogens is 376 g/mol. The Kier molecular flexibility index (Phi) is 4.88. The van der Waals surface area contributed by atoms with Gasteiger partial charge in [-0.05, 0) is 37.1 Å². The first-order chi connectivity index (χ1) is 14.0. The molecule has 2 aromatic rings. The summed E-state index contributed by atoms with van der Waals surface area (Å²) in [5.41, 5.74) is 1.00. The second-order valence-electron chi connectivity index (χ2n) is 6.74. The van der Waals surface area contributed by atoms with Crippen LogP contribution in [-0.4, -0.2) is 33.1 Å². The van der Waals surface area contributed by atoms with Crippen molar-refractivity contribution < 1.29 is 33.3 Å². The van der Waals surface area contributed by atoms with Crippen molar-refractivity contribution in [1.82, 2.24) is 0 Å². The third kappa shape index (κ3) is 3.63. The molecule has 0 saturated heterocycles. The van der Waals surface area contributed by atoms with Crippen LogP contribution in [0.1, 0.15) is 28.8 Å². The number of hydrogen-bond donors (Lipinski definition) is 0. The topological polar surface area (TPSA) is 80.3 Å². The first kappa shape index (κ1) is 18.9. The predicted octanol–water partition coefficient (Wildman–Crippen LogP) is 3.64. The van der Waals surface area contributed by atoms with Crippen LogP contribution in [0.2, 0.25) is 0 Å². The van der Waals surface area contributed by atoms with Crippen molar-refractivity contribution in [2.75, 3.05) is 21.3 Å². The number of fused-ring (bicyclic) bond motifs is 1. The van der Waals surface area contributed by atoms with Gasteiger partial charge in [-0.2, -0.15) is 0 Å². The molecule has 1 heterocycles. The maximum atomic E-state index is 12.7. The molecule has 7 heteroatoms. The number of methoxy groups -OCH3 is 3. The Morgan fingerprint density at radius 2 is 1.69 bits per heavy atom. The van der Waals surface area contributed by atoms with E-state index in [1.54, 1.807) is 36.4 Å². The van der Waals surface area contributed by atoms with Crippen molar-refractivity contribution in [1.29, 1.82) is 0 Å². The molecule has 4 rings (SSSR count). The lowest BCUT2D eigenvalue weighted by Crippen LogP contribution is -2.09. The van der Waals surface area contributed by atoms with E-state index in [4.69, 9.17) is 23.7 Å². The molecule has 0 unspecified atom stereocenters. The van der Waals surface area contributed by atoms with Crippen LogP contribution >= 0.6 is 0 Å². The molecule has 0 atom stereocenters. The lowest BCUT2D eigenvalue weighted by molar-refractivity contribution is -0.135. The standard InChI is InChI=1S/C22H20O7/c1-25-16-11-19(27-3)18(26-2)8-13(16)9-20-21(23)15-7-6-14(10-17(15)29-20)28-22(24)12-4-5-12/h6-12H,4-5H2,1-3H3/b20-9+. The first-order valence-corrected chi connectivity index (χ1v) is 9.14. The molecule has 1 fully saturated rings. The van der Waals surface area contributed by atoms with Crippen LogP contribution in [0.4, 0.5) is 0 Å². The van der Waals surface area contributed by atoms with Crippen LogP contribution < -0.4 is 23.7 Å². The highest BCUT2D eigenvalue weighted by Crippen LogP contribution is 2.39. The first-order valence-electron chi connectivity index (χ1n) is 9.14. The van der Waals surface area contributed by atoms with Crippen molar-refractivity contribution in [2.24, 2.45) is 5.92 Å². The quantitative estimate of drug-likeness (QED) is 0.419. The fourth-order valence-corrected chi connectivity index (χ4v) is 3.06. The van der Waals surface area contributed by atoms with Crippen molar-refractivity contribution in [2.45, 2.75) is 12.8 Å². The van der Waals surface area contributed by atoms with Gasteiger partial charge in [-0.25, -0.2) is 0 Å².